The Balaban J connectivity index is 1.58. The number of hydrogen-bond donors (Lipinski definition) is 3. The van der Waals surface area contributed by atoms with E-state index in [-0.39, 0.29) is 11.6 Å². The molecule has 4 heterocycles. The molecule has 0 aliphatic rings. The average Bonchev–Trinajstić information content (AvgIpc) is 3.51. The Kier molecular flexibility index (Phi) is 5.84. The van der Waals surface area contributed by atoms with Crippen molar-refractivity contribution in [2.24, 2.45) is 0 Å². The zero-order chi connectivity index (χ0) is 24.4. The van der Waals surface area contributed by atoms with Crippen molar-refractivity contribution in [3.05, 3.63) is 88.9 Å². The van der Waals surface area contributed by atoms with Crippen molar-refractivity contribution in [2.75, 3.05) is 11.9 Å². The molecule has 0 spiro atoms. The fourth-order valence-electron chi connectivity index (χ4n) is 3.98. The first kappa shape index (κ1) is 22.1. The molecule has 10 heteroatoms. The van der Waals surface area contributed by atoms with Gasteiger partial charge in [0.25, 0.3) is 5.56 Å². The smallest absolute Gasteiger partial charge is 0.321 e. The number of imidazole rings is 1. The number of pyridine rings is 2. The predicted octanol–water partition coefficient (Wildman–Crippen LogP) is 3.47. The van der Waals surface area contributed by atoms with Crippen LogP contribution in [0.4, 0.5) is 10.7 Å². The van der Waals surface area contributed by atoms with Gasteiger partial charge in [0.2, 0.25) is 5.95 Å². The molecule has 0 unspecified atom stereocenters. The third-order valence-electron chi connectivity index (χ3n) is 5.60. The Hall–Kier alpha value is -4.73. The molecule has 5 aromatic rings. The zero-order valence-electron chi connectivity index (χ0n) is 19.3. The molecule has 0 saturated carbocycles. The van der Waals surface area contributed by atoms with E-state index in [2.05, 4.69) is 30.7 Å². The van der Waals surface area contributed by atoms with Crippen molar-refractivity contribution in [3.8, 4) is 16.8 Å². The van der Waals surface area contributed by atoms with Crippen LogP contribution in [0, 0.1) is 6.92 Å². The van der Waals surface area contributed by atoms with E-state index in [0.717, 1.165) is 28.2 Å². The number of nitrogens with one attached hydrogen (secondary N) is 3. The molecule has 0 radical (unpaired) electrons. The highest BCUT2D eigenvalue weighted by Gasteiger charge is 2.15. The van der Waals surface area contributed by atoms with Gasteiger partial charge in [-0.25, -0.2) is 14.5 Å². The van der Waals surface area contributed by atoms with Crippen LogP contribution in [0.2, 0.25) is 0 Å². The van der Waals surface area contributed by atoms with E-state index in [1.54, 1.807) is 27.7 Å². The second-order valence-corrected chi connectivity index (χ2v) is 8.04. The number of aromatic nitrogens is 6. The summed E-state index contributed by atoms with van der Waals surface area (Å²) < 4.78 is 3.40. The minimum Gasteiger partial charge on any atom is -0.338 e. The Labute approximate surface area is 200 Å². The fraction of sp³-hybridized carbons (Fsp3) is 0.160. The minimum absolute atomic E-state index is 0.116. The lowest BCUT2D eigenvalue weighted by atomic mass is 10.0. The maximum absolute atomic E-state index is 13.0. The molecule has 0 fully saturated rings. The molecular weight excluding hydrogens is 444 g/mol. The summed E-state index contributed by atoms with van der Waals surface area (Å²) in [6.45, 7) is 4.65. The van der Waals surface area contributed by atoms with Crippen LogP contribution in [0.15, 0.2) is 71.9 Å². The number of anilines is 1. The topological polar surface area (TPSA) is 123 Å². The molecule has 0 bridgehead atoms. The van der Waals surface area contributed by atoms with Gasteiger partial charge in [0.05, 0.1) is 23.4 Å². The number of aryl methyl sites for hydroxylation is 1. The Morgan fingerprint density at radius 3 is 2.66 bits per heavy atom. The first-order valence-electron chi connectivity index (χ1n) is 11.2. The van der Waals surface area contributed by atoms with Gasteiger partial charge in [0.1, 0.15) is 5.52 Å². The number of rotatable bonds is 6. The van der Waals surface area contributed by atoms with Gasteiger partial charge < -0.3 is 14.9 Å². The third-order valence-corrected chi connectivity index (χ3v) is 5.60. The summed E-state index contributed by atoms with van der Waals surface area (Å²) in [6.07, 6.45) is 5.22. The van der Waals surface area contributed by atoms with Crippen LogP contribution < -0.4 is 16.2 Å². The molecular formula is C25H24N8O2. The van der Waals surface area contributed by atoms with Crippen LogP contribution in [0.5, 0.6) is 0 Å². The number of carbonyl (C=O) groups is 1. The largest absolute Gasteiger partial charge is 0.338 e. The maximum atomic E-state index is 13.0. The van der Waals surface area contributed by atoms with E-state index >= 15 is 0 Å². The highest BCUT2D eigenvalue weighted by molar-refractivity contribution is 5.94. The minimum atomic E-state index is -0.348. The van der Waals surface area contributed by atoms with Crippen LogP contribution in [-0.2, 0) is 6.54 Å². The van der Waals surface area contributed by atoms with Crippen LogP contribution in [0.25, 0.3) is 27.8 Å². The van der Waals surface area contributed by atoms with E-state index in [4.69, 9.17) is 0 Å². The van der Waals surface area contributed by atoms with Crippen LogP contribution in [0.1, 0.15) is 18.3 Å². The van der Waals surface area contributed by atoms with Gasteiger partial charge in [0.15, 0.2) is 0 Å². The standard InChI is InChI=1S/C25H24N8O2/c1-3-26-25(35)31-24-29-20-12-18(13-21(23(20)30-24)33-10-6-9-28-33)17-11-16(2)32(22(34)14-17)15-19-7-4-5-8-27-19/h4-14H,3,15H2,1-2H3,(H3,26,29,30,31,35). The van der Waals surface area contributed by atoms with Gasteiger partial charge >= 0.3 is 6.03 Å². The van der Waals surface area contributed by atoms with Gasteiger partial charge in [-0.2, -0.15) is 5.10 Å². The van der Waals surface area contributed by atoms with E-state index in [9.17, 15) is 9.59 Å². The highest BCUT2D eigenvalue weighted by atomic mass is 16.2. The summed E-state index contributed by atoms with van der Waals surface area (Å²) in [5.41, 5.74) is 5.18. The number of carbonyl (C=O) groups excluding carboxylic acids is 1. The summed E-state index contributed by atoms with van der Waals surface area (Å²) in [6, 6.07) is 14.6. The van der Waals surface area contributed by atoms with Gasteiger partial charge in [-0.05, 0) is 61.4 Å². The van der Waals surface area contributed by atoms with Crippen molar-refractivity contribution >= 4 is 23.0 Å². The highest BCUT2D eigenvalue weighted by Crippen LogP contribution is 2.29. The summed E-state index contributed by atoms with van der Waals surface area (Å²) in [4.78, 5) is 37.1. The second kappa shape index (κ2) is 9.26. The summed E-state index contributed by atoms with van der Waals surface area (Å²) >= 11 is 0. The normalized spacial score (nSPS) is 11.0. The number of benzene rings is 1. The molecule has 176 valence electrons. The van der Waals surface area contributed by atoms with E-state index in [0.29, 0.717) is 30.1 Å². The van der Waals surface area contributed by atoms with E-state index in [1.807, 2.05) is 62.5 Å². The van der Waals surface area contributed by atoms with E-state index < -0.39 is 0 Å². The molecule has 5 rings (SSSR count). The number of urea groups is 1. The molecule has 1 aromatic carbocycles. The lowest BCUT2D eigenvalue weighted by molar-refractivity contribution is 0.252. The van der Waals surface area contributed by atoms with Crippen molar-refractivity contribution < 1.29 is 4.79 Å². The first-order valence-corrected chi connectivity index (χ1v) is 11.2. The van der Waals surface area contributed by atoms with Gasteiger partial charge in [-0.3, -0.25) is 15.1 Å². The van der Waals surface area contributed by atoms with Gasteiger partial charge in [-0.15, -0.1) is 0 Å². The molecule has 0 aliphatic carbocycles. The summed E-state index contributed by atoms with van der Waals surface area (Å²) in [7, 11) is 0. The number of aromatic amines is 1. The molecule has 10 nitrogen and oxygen atoms in total. The number of fused-ring (bicyclic) bond motifs is 1. The Bertz CT molecular complexity index is 1550. The molecule has 0 saturated heterocycles. The van der Waals surface area contributed by atoms with Crippen molar-refractivity contribution in [2.45, 2.75) is 20.4 Å². The van der Waals surface area contributed by atoms with Crippen LogP contribution in [-0.4, -0.2) is 41.9 Å². The second-order valence-electron chi connectivity index (χ2n) is 8.04. The summed E-state index contributed by atoms with van der Waals surface area (Å²) in [5, 5.41) is 9.75. The zero-order valence-corrected chi connectivity index (χ0v) is 19.3. The number of H-pyrrole nitrogens is 1. The maximum Gasteiger partial charge on any atom is 0.321 e. The Morgan fingerprint density at radius 2 is 1.94 bits per heavy atom. The van der Waals surface area contributed by atoms with Gasteiger partial charge in [0, 0.05) is 36.9 Å². The Morgan fingerprint density at radius 1 is 1.09 bits per heavy atom. The van der Waals surface area contributed by atoms with Crippen molar-refractivity contribution in [1.82, 2.24) is 34.6 Å². The van der Waals surface area contributed by atoms with Gasteiger partial charge in [-0.1, -0.05) is 6.07 Å². The summed E-state index contributed by atoms with van der Waals surface area (Å²) in [5.74, 6) is 0.318. The fourth-order valence-corrected chi connectivity index (χ4v) is 3.98. The predicted molar refractivity (Wildman–Crippen MR) is 134 cm³/mol. The quantitative estimate of drug-likeness (QED) is 0.352. The van der Waals surface area contributed by atoms with Crippen LogP contribution in [0.3, 0.4) is 0 Å². The molecule has 4 aromatic heterocycles. The lowest BCUT2D eigenvalue weighted by Gasteiger charge is -2.12. The molecule has 0 aliphatic heterocycles. The lowest BCUT2D eigenvalue weighted by Crippen LogP contribution is -2.28. The average molecular weight is 469 g/mol. The SMILES string of the molecule is CCNC(=O)Nc1nc2c(-n3cccn3)cc(-c3cc(C)n(Cc4ccccn4)c(=O)c3)cc2[nH]1. The molecule has 35 heavy (non-hydrogen) atoms. The monoisotopic (exact) mass is 468 g/mol. The first-order chi connectivity index (χ1) is 17.0. The van der Waals surface area contributed by atoms with Crippen molar-refractivity contribution in [1.29, 1.82) is 0 Å². The molecule has 3 N–H and O–H groups in total. The molecule has 2 amide bonds. The molecule has 0 atom stereocenters. The third kappa shape index (κ3) is 4.54. The number of nitrogens with zero attached hydrogens (tertiary/aromatic N) is 5. The number of amides is 2. The van der Waals surface area contributed by atoms with E-state index in [1.165, 1.54) is 0 Å². The van der Waals surface area contributed by atoms with Crippen LogP contribution >= 0.6 is 0 Å². The van der Waals surface area contributed by atoms with Crippen molar-refractivity contribution in [3.63, 3.8) is 0 Å². The number of hydrogen-bond acceptors (Lipinski definition) is 5.